The molecule has 1 aromatic heterocycles. The molecule has 0 radical (unpaired) electrons. The summed E-state index contributed by atoms with van der Waals surface area (Å²) in [4.78, 5) is 5.23. The third kappa shape index (κ3) is 4.05. The van der Waals surface area contributed by atoms with E-state index in [9.17, 15) is 10.2 Å². The quantitative estimate of drug-likeness (QED) is 0.504. The highest BCUT2D eigenvalue weighted by Gasteiger charge is 2.45. The van der Waals surface area contributed by atoms with E-state index in [2.05, 4.69) is 65.0 Å². The number of fused-ring (bicyclic) bond motifs is 1. The van der Waals surface area contributed by atoms with Gasteiger partial charge in [-0.15, -0.1) is 0 Å². The Morgan fingerprint density at radius 2 is 1.76 bits per heavy atom. The van der Waals surface area contributed by atoms with Crippen molar-refractivity contribution < 1.29 is 10.2 Å². The first-order valence-corrected chi connectivity index (χ1v) is 13.3. The molecule has 3 aliphatic rings. The molecule has 0 aliphatic heterocycles. The maximum absolute atomic E-state index is 11.9. The summed E-state index contributed by atoms with van der Waals surface area (Å²) in [6.07, 6.45) is 9.76. The molecule has 0 bridgehead atoms. The lowest BCUT2D eigenvalue weighted by molar-refractivity contribution is 0.0240. The van der Waals surface area contributed by atoms with Crippen LogP contribution in [0.5, 0.6) is 0 Å². The molecule has 5 rings (SSSR count). The van der Waals surface area contributed by atoms with Gasteiger partial charge >= 0.3 is 0 Å². The van der Waals surface area contributed by atoms with Crippen molar-refractivity contribution in [3.63, 3.8) is 0 Å². The van der Waals surface area contributed by atoms with Gasteiger partial charge in [0, 0.05) is 22.5 Å². The van der Waals surface area contributed by atoms with Crippen LogP contribution in [-0.4, -0.2) is 15.2 Å². The van der Waals surface area contributed by atoms with Crippen molar-refractivity contribution in [2.45, 2.75) is 110 Å². The summed E-state index contributed by atoms with van der Waals surface area (Å²) in [5, 5.41) is 23.3. The van der Waals surface area contributed by atoms with E-state index in [0.29, 0.717) is 0 Å². The number of nitrogens with zero attached hydrogens (tertiary/aromatic N) is 1. The highest BCUT2D eigenvalue weighted by atomic mass is 16.3. The van der Waals surface area contributed by atoms with Gasteiger partial charge in [0.1, 0.15) is 6.10 Å². The molecule has 1 heterocycles. The lowest BCUT2D eigenvalue weighted by Gasteiger charge is -2.47. The molecule has 1 saturated carbocycles. The first kappa shape index (κ1) is 23.8. The average Bonchev–Trinajstić information content (AvgIpc) is 3.30. The van der Waals surface area contributed by atoms with Gasteiger partial charge in [-0.2, -0.15) is 0 Å². The van der Waals surface area contributed by atoms with E-state index in [0.717, 1.165) is 65.7 Å². The second-order valence-corrected chi connectivity index (χ2v) is 12.4. The molecule has 3 heteroatoms. The van der Waals surface area contributed by atoms with Gasteiger partial charge < -0.3 is 10.2 Å². The predicted molar refractivity (Wildman–Crippen MR) is 139 cm³/mol. The number of allylic oxidation sites excluding steroid dienone is 2. The van der Waals surface area contributed by atoms with Gasteiger partial charge in [-0.05, 0) is 84.0 Å². The fourth-order valence-electron chi connectivity index (χ4n) is 6.47. The summed E-state index contributed by atoms with van der Waals surface area (Å²) in [7, 11) is 0. The molecule has 0 saturated heterocycles. The molecular weight excluding hydrogens is 418 g/mol. The van der Waals surface area contributed by atoms with Crippen LogP contribution in [0.2, 0.25) is 0 Å². The third-order valence-electron chi connectivity index (χ3n) is 8.57. The fraction of sp³-hybridized carbons (Fsp3) is 0.581. The van der Waals surface area contributed by atoms with Crippen molar-refractivity contribution in [1.29, 1.82) is 0 Å². The van der Waals surface area contributed by atoms with Gasteiger partial charge in [0.15, 0.2) is 0 Å². The molecule has 2 atom stereocenters. The largest absolute Gasteiger partial charge is 0.388 e. The van der Waals surface area contributed by atoms with Gasteiger partial charge in [-0.1, -0.05) is 71.4 Å². The average molecular weight is 460 g/mol. The Balaban J connectivity index is 1.69. The monoisotopic (exact) mass is 459 g/mol. The van der Waals surface area contributed by atoms with Crippen molar-refractivity contribution in [2.24, 2.45) is 5.41 Å². The van der Waals surface area contributed by atoms with Crippen LogP contribution in [0.3, 0.4) is 0 Å². The Morgan fingerprint density at radius 1 is 1.06 bits per heavy atom. The van der Waals surface area contributed by atoms with E-state index >= 15 is 0 Å². The molecule has 3 nitrogen and oxygen atoms in total. The molecule has 1 spiro atoms. The van der Waals surface area contributed by atoms with Crippen LogP contribution in [0.1, 0.15) is 137 Å². The van der Waals surface area contributed by atoms with E-state index in [1.807, 2.05) is 0 Å². The number of aromatic nitrogens is 1. The molecule has 182 valence electrons. The summed E-state index contributed by atoms with van der Waals surface area (Å²) < 4.78 is 0. The van der Waals surface area contributed by atoms with Crippen molar-refractivity contribution in [1.82, 2.24) is 4.98 Å². The number of aliphatic hydroxyl groups excluding tert-OH is 2. The number of hydrogen-bond acceptors (Lipinski definition) is 3. The van der Waals surface area contributed by atoms with Crippen LogP contribution in [0.15, 0.2) is 30.3 Å². The summed E-state index contributed by atoms with van der Waals surface area (Å²) in [6, 6.07) is 8.43. The second kappa shape index (κ2) is 8.60. The van der Waals surface area contributed by atoms with Crippen LogP contribution in [-0.2, 0) is 11.8 Å². The smallest absolute Gasteiger partial charge is 0.106 e. The van der Waals surface area contributed by atoms with Crippen molar-refractivity contribution in [2.75, 3.05) is 0 Å². The Bertz CT molecular complexity index is 1100. The van der Waals surface area contributed by atoms with Gasteiger partial charge in [0.25, 0.3) is 0 Å². The fourth-order valence-corrected chi connectivity index (χ4v) is 6.47. The van der Waals surface area contributed by atoms with Gasteiger partial charge in [-0.25, -0.2) is 0 Å². The van der Waals surface area contributed by atoms with Crippen molar-refractivity contribution in [3.8, 4) is 0 Å². The molecule has 2 N–H and O–H groups in total. The van der Waals surface area contributed by atoms with Crippen molar-refractivity contribution >= 4 is 5.57 Å². The molecule has 0 amide bonds. The number of pyridine rings is 1. The predicted octanol–water partition coefficient (Wildman–Crippen LogP) is 7.30. The molecule has 2 unspecified atom stereocenters. The number of aliphatic hydroxyl groups is 2. The third-order valence-corrected chi connectivity index (χ3v) is 8.57. The van der Waals surface area contributed by atoms with Crippen LogP contribution in [0.4, 0.5) is 0 Å². The first-order chi connectivity index (χ1) is 16.1. The molecule has 2 aromatic rings. The van der Waals surface area contributed by atoms with Crippen LogP contribution < -0.4 is 0 Å². The van der Waals surface area contributed by atoms with Gasteiger partial charge in [0.05, 0.1) is 6.10 Å². The van der Waals surface area contributed by atoms with Crippen LogP contribution >= 0.6 is 0 Å². The lowest BCUT2D eigenvalue weighted by Crippen LogP contribution is -2.38. The second-order valence-electron chi connectivity index (χ2n) is 12.4. The summed E-state index contributed by atoms with van der Waals surface area (Å²) in [5.74, 6) is 0.195. The van der Waals surface area contributed by atoms with E-state index in [1.54, 1.807) is 0 Å². The van der Waals surface area contributed by atoms with Crippen LogP contribution in [0, 0.1) is 5.41 Å². The maximum atomic E-state index is 11.9. The summed E-state index contributed by atoms with van der Waals surface area (Å²) >= 11 is 0. The van der Waals surface area contributed by atoms with E-state index in [4.69, 9.17) is 4.98 Å². The topological polar surface area (TPSA) is 53.4 Å². The Morgan fingerprint density at radius 3 is 2.29 bits per heavy atom. The zero-order chi connectivity index (χ0) is 24.3. The highest BCUT2D eigenvalue weighted by molar-refractivity contribution is 5.75. The van der Waals surface area contributed by atoms with Gasteiger partial charge in [-0.3, -0.25) is 4.98 Å². The SMILES string of the molecule is CC(C)c1nc2c(c(C3=CCCC3)c1C(O)c1ccc(C(C)(C)C)cc1)C(O)CC1(CCC1)C2. The first-order valence-electron chi connectivity index (χ1n) is 13.3. The molecule has 1 aromatic carbocycles. The van der Waals surface area contributed by atoms with E-state index in [1.165, 1.54) is 30.4 Å². The van der Waals surface area contributed by atoms with Crippen molar-refractivity contribution in [3.05, 3.63) is 69.5 Å². The number of hydrogen-bond donors (Lipinski definition) is 2. The normalized spacial score (nSPS) is 22.5. The molecule has 34 heavy (non-hydrogen) atoms. The zero-order valence-corrected chi connectivity index (χ0v) is 21.6. The standard InChI is InChI=1S/C31H41NO2/c1-19(2)28-27(29(34)21-11-13-22(14-12-21)30(3,4)5)25(20-9-6-7-10-20)26-23(32-28)17-31(15-8-16-31)18-24(26)33/h9,11-14,19,24,29,33-34H,6-8,10,15-18H2,1-5H3. The summed E-state index contributed by atoms with van der Waals surface area (Å²) in [5.41, 5.74) is 8.89. The minimum absolute atomic E-state index is 0.0708. The molecule has 1 fully saturated rings. The van der Waals surface area contributed by atoms with E-state index in [-0.39, 0.29) is 16.7 Å². The number of rotatable bonds is 4. The summed E-state index contributed by atoms with van der Waals surface area (Å²) in [6.45, 7) is 11.0. The Labute approximate surface area is 205 Å². The number of benzene rings is 1. The highest BCUT2D eigenvalue weighted by Crippen LogP contribution is 2.55. The van der Waals surface area contributed by atoms with Crippen LogP contribution in [0.25, 0.3) is 5.57 Å². The maximum Gasteiger partial charge on any atom is 0.106 e. The van der Waals surface area contributed by atoms with E-state index < -0.39 is 12.2 Å². The molecule has 3 aliphatic carbocycles. The minimum Gasteiger partial charge on any atom is -0.388 e. The lowest BCUT2D eigenvalue weighted by atomic mass is 9.59. The zero-order valence-electron chi connectivity index (χ0n) is 21.6. The molecular formula is C31H41NO2. The minimum atomic E-state index is -0.757. The Kier molecular flexibility index (Phi) is 6.01. The van der Waals surface area contributed by atoms with Gasteiger partial charge in [0.2, 0.25) is 0 Å². The Hall–Kier alpha value is -1.97.